The van der Waals surface area contributed by atoms with Crippen LogP contribution in [0.25, 0.3) is 5.69 Å². The summed E-state index contributed by atoms with van der Waals surface area (Å²) in [7, 11) is -3.64. The Morgan fingerprint density at radius 3 is 2.20 bits per heavy atom. The molecule has 5 nitrogen and oxygen atoms in total. The zero-order valence-corrected chi connectivity index (χ0v) is 15.6. The van der Waals surface area contributed by atoms with Crippen LogP contribution in [-0.4, -0.2) is 18.0 Å². The molecule has 0 spiro atoms. The van der Waals surface area contributed by atoms with Gasteiger partial charge in [0, 0.05) is 11.4 Å². The number of hydrogen-bond acceptors (Lipinski definition) is 3. The van der Waals surface area contributed by atoms with Crippen molar-refractivity contribution in [2.45, 2.75) is 18.2 Å². The number of sulfonamides is 1. The van der Waals surface area contributed by atoms with Crippen molar-refractivity contribution in [3.8, 4) is 5.69 Å². The maximum atomic E-state index is 12.4. The van der Waals surface area contributed by atoms with Crippen molar-refractivity contribution in [3.63, 3.8) is 0 Å². The fraction of sp³-hybridized carbons (Fsp3) is 0.118. The van der Waals surface area contributed by atoms with Crippen LogP contribution in [0.4, 0.5) is 5.69 Å². The Bertz CT molecular complexity index is 982. The lowest BCUT2D eigenvalue weighted by atomic mass is 10.2. The van der Waals surface area contributed by atoms with Crippen molar-refractivity contribution >= 4 is 38.9 Å². The lowest BCUT2D eigenvalue weighted by molar-refractivity contribution is 0.601. The molecule has 0 fully saturated rings. The standard InChI is InChI=1S/C17H15Cl2N3O2S/c1-2-12-3-9-15(10-4-12)25(23,24)21-13-5-7-14(8-6-13)22-11-20-16(18)17(22)19/h3-11,21H,2H2,1H3. The molecule has 1 N–H and O–H groups in total. The van der Waals surface area contributed by atoms with E-state index in [0.717, 1.165) is 17.7 Å². The van der Waals surface area contributed by atoms with E-state index in [1.807, 2.05) is 19.1 Å². The number of aromatic nitrogens is 2. The SMILES string of the molecule is CCc1ccc(S(=O)(=O)Nc2ccc(-n3cnc(Cl)c3Cl)cc2)cc1. The highest BCUT2D eigenvalue weighted by molar-refractivity contribution is 7.92. The van der Waals surface area contributed by atoms with Crippen molar-refractivity contribution in [2.24, 2.45) is 0 Å². The molecule has 3 rings (SSSR count). The van der Waals surface area contributed by atoms with Gasteiger partial charge >= 0.3 is 0 Å². The molecule has 1 aromatic heterocycles. The average molecular weight is 396 g/mol. The second-order valence-electron chi connectivity index (χ2n) is 5.35. The van der Waals surface area contributed by atoms with Gasteiger partial charge in [-0.1, -0.05) is 42.3 Å². The summed E-state index contributed by atoms with van der Waals surface area (Å²) in [6, 6.07) is 13.6. The molecular formula is C17H15Cl2N3O2S. The summed E-state index contributed by atoms with van der Waals surface area (Å²) < 4.78 is 29.1. The molecule has 3 aromatic rings. The molecule has 0 bridgehead atoms. The molecule has 0 saturated carbocycles. The smallest absolute Gasteiger partial charge is 0.261 e. The largest absolute Gasteiger partial charge is 0.288 e. The predicted octanol–water partition coefficient (Wildman–Crippen LogP) is 4.54. The van der Waals surface area contributed by atoms with Gasteiger partial charge in [-0.15, -0.1) is 0 Å². The summed E-state index contributed by atoms with van der Waals surface area (Å²) in [5.74, 6) is 0. The topological polar surface area (TPSA) is 64.0 Å². The molecular weight excluding hydrogens is 381 g/mol. The van der Waals surface area contributed by atoms with Crippen LogP contribution in [0.3, 0.4) is 0 Å². The third-order valence-electron chi connectivity index (χ3n) is 3.71. The first-order chi connectivity index (χ1) is 11.9. The summed E-state index contributed by atoms with van der Waals surface area (Å²) in [4.78, 5) is 4.13. The Morgan fingerprint density at radius 2 is 1.68 bits per heavy atom. The summed E-state index contributed by atoms with van der Waals surface area (Å²) >= 11 is 11.9. The number of aryl methyl sites for hydroxylation is 1. The number of anilines is 1. The lowest BCUT2D eigenvalue weighted by Gasteiger charge is -2.10. The van der Waals surface area contributed by atoms with Gasteiger partial charge in [0.15, 0.2) is 10.3 Å². The highest BCUT2D eigenvalue weighted by atomic mass is 35.5. The minimum absolute atomic E-state index is 0.210. The van der Waals surface area contributed by atoms with Crippen LogP contribution in [0.2, 0.25) is 10.3 Å². The highest BCUT2D eigenvalue weighted by Crippen LogP contribution is 2.25. The summed E-state index contributed by atoms with van der Waals surface area (Å²) in [5, 5.41) is 0.507. The number of nitrogens with one attached hydrogen (secondary N) is 1. The van der Waals surface area contributed by atoms with E-state index in [0.29, 0.717) is 10.8 Å². The number of halogens is 2. The first-order valence-electron chi connectivity index (χ1n) is 7.51. The normalized spacial score (nSPS) is 11.5. The van der Waals surface area contributed by atoms with E-state index in [1.54, 1.807) is 41.0 Å². The number of imidazole rings is 1. The van der Waals surface area contributed by atoms with E-state index in [2.05, 4.69) is 9.71 Å². The van der Waals surface area contributed by atoms with E-state index < -0.39 is 10.0 Å². The van der Waals surface area contributed by atoms with Gasteiger partial charge < -0.3 is 0 Å². The molecule has 0 saturated heterocycles. The molecule has 2 aromatic carbocycles. The predicted molar refractivity (Wildman–Crippen MR) is 100 cm³/mol. The van der Waals surface area contributed by atoms with Crippen molar-refractivity contribution in [2.75, 3.05) is 4.72 Å². The molecule has 0 amide bonds. The van der Waals surface area contributed by atoms with E-state index in [-0.39, 0.29) is 10.0 Å². The van der Waals surface area contributed by atoms with Crippen LogP contribution in [0, 0.1) is 0 Å². The van der Waals surface area contributed by atoms with E-state index in [9.17, 15) is 8.42 Å². The summed E-state index contributed by atoms with van der Waals surface area (Å²) in [6.45, 7) is 2.02. The highest BCUT2D eigenvalue weighted by Gasteiger charge is 2.14. The van der Waals surface area contributed by atoms with Crippen LogP contribution in [0.15, 0.2) is 59.8 Å². The first-order valence-corrected chi connectivity index (χ1v) is 9.75. The second kappa shape index (κ2) is 7.07. The van der Waals surface area contributed by atoms with E-state index in [1.165, 1.54) is 6.33 Å². The Morgan fingerprint density at radius 1 is 1.04 bits per heavy atom. The molecule has 0 aliphatic heterocycles. The van der Waals surface area contributed by atoms with Gasteiger partial charge in [0.1, 0.15) is 6.33 Å². The fourth-order valence-electron chi connectivity index (χ4n) is 2.30. The van der Waals surface area contributed by atoms with E-state index in [4.69, 9.17) is 23.2 Å². The van der Waals surface area contributed by atoms with Gasteiger partial charge in [0.25, 0.3) is 10.0 Å². The summed E-state index contributed by atoms with van der Waals surface area (Å²) in [6.07, 6.45) is 2.36. The molecule has 0 unspecified atom stereocenters. The number of nitrogens with zero attached hydrogens (tertiary/aromatic N) is 2. The van der Waals surface area contributed by atoms with Crippen molar-refractivity contribution < 1.29 is 8.42 Å². The number of hydrogen-bond donors (Lipinski definition) is 1. The van der Waals surface area contributed by atoms with Gasteiger partial charge in [-0.3, -0.25) is 9.29 Å². The molecule has 25 heavy (non-hydrogen) atoms. The van der Waals surface area contributed by atoms with E-state index >= 15 is 0 Å². The Hall–Kier alpha value is -2.02. The monoisotopic (exact) mass is 395 g/mol. The Kier molecular flexibility index (Phi) is 5.03. The van der Waals surface area contributed by atoms with Crippen molar-refractivity contribution in [3.05, 3.63) is 70.7 Å². The maximum absolute atomic E-state index is 12.4. The number of benzene rings is 2. The average Bonchev–Trinajstić information content (AvgIpc) is 2.95. The van der Waals surface area contributed by atoms with Crippen LogP contribution >= 0.6 is 23.2 Å². The molecule has 8 heteroatoms. The lowest BCUT2D eigenvalue weighted by Crippen LogP contribution is -2.13. The zero-order valence-electron chi connectivity index (χ0n) is 13.3. The molecule has 1 heterocycles. The molecule has 130 valence electrons. The van der Waals surface area contributed by atoms with Crippen LogP contribution in [0.5, 0.6) is 0 Å². The minimum atomic E-state index is -3.64. The quantitative estimate of drug-likeness (QED) is 0.689. The number of rotatable bonds is 5. The molecule has 0 aliphatic carbocycles. The maximum Gasteiger partial charge on any atom is 0.261 e. The van der Waals surface area contributed by atoms with Crippen molar-refractivity contribution in [1.29, 1.82) is 0 Å². The Labute approximate surface area is 156 Å². The second-order valence-corrected chi connectivity index (χ2v) is 7.74. The van der Waals surface area contributed by atoms with Crippen LogP contribution in [-0.2, 0) is 16.4 Å². The van der Waals surface area contributed by atoms with Crippen LogP contribution in [0.1, 0.15) is 12.5 Å². The molecule has 0 aliphatic rings. The minimum Gasteiger partial charge on any atom is -0.288 e. The molecule has 0 atom stereocenters. The van der Waals surface area contributed by atoms with Gasteiger partial charge in [-0.05, 0) is 48.4 Å². The van der Waals surface area contributed by atoms with Gasteiger partial charge in [-0.25, -0.2) is 13.4 Å². The van der Waals surface area contributed by atoms with Crippen molar-refractivity contribution in [1.82, 2.24) is 9.55 Å². The zero-order chi connectivity index (χ0) is 18.0. The summed E-state index contributed by atoms with van der Waals surface area (Å²) in [5.41, 5.74) is 2.25. The van der Waals surface area contributed by atoms with Gasteiger partial charge in [0.2, 0.25) is 0 Å². The third-order valence-corrected chi connectivity index (χ3v) is 5.84. The first kappa shape index (κ1) is 17.8. The van der Waals surface area contributed by atoms with Crippen LogP contribution < -0.4 is 4.72 Å². The Balaban J connectivity index is 1.81. The van der Waals surface area contributed by atoms with Gasteiger partial charge in [-0.2, -0.15) is 0 Å². The molecule has 0 radical (unpaired) electrons. The van der Waals surface area contributed by atoms with Gasteiger partial charge in [0.05, 0.1) is 4.90 Å². The third kappa shape index (κ3) is 3.81. The fourth-order valence-corrected chi connectivity index (χ4v) is 3.68.